The number of rotatable bonds is 2. The van der Waals surface area contributed by atoms with Crippen LogP contribution in [0.2, 0.25) is 10.2 Å². The Kier molecular flexibility index (Phi) is 3.67. The van der Waals surface area contributed by atoms with Crippen LogP contribution in [0.3, 0.4) is 0 Å². The van der Waals surface area contributed by atoms with Gasteiger partial charge in [0.1, 0.15) is 10.8 Å². The Labute approximate surface area is 122 Å². The maximum absolute atomic E-state index is 6.10. The van der Waals surface area contributed by atoms with Crippen molar-refractivity contribution in [2.45, 2.75) is 31.6 Å². The molecule has 2 aromatic rings. The molecule has 3 rings (SSSR count). The second kappa shape index (κ2) is 5.43. The largest absolute Gasteiger partial charge is 0.251 e. The lowest BCUT2D eigenvalue weighted by molar-refractivity contribution is 0.695. The third kappa shape index (κ3) is 2.88. The van der Waals surface area contributed by atoms with Crippen LogP contribution in [0.1, 0.15) is 37.3 Å². The summed E-state index contributed by atoms with van der Waals surface area (Å²) in [7, 11) is 0. The summed E-state index contributed by atoms with van der Waals surface area (Å²) in [6.07, 6.45) is 6.49. The average molecular weight is 294 g/mol. The van der Waals surface area contributed by atoms with E-state index in [1.54, 1.807) is 12.3 Å². The molecule has 2 heterocycles. The molecular formula is C14H13Cl2N3. The van der Waals surface area contributed by atoms with Crippen molar-refractivity contribution in [3.8, 4) is 11.5 Å². The van der Waals surface area contributed by atoms with E-state index in [1.165, 1.54) is 25.7 Å². The molecule has 0 aromatic carbocycles. The van der Waals surface area contributed by atoms with E-state index in [-0.39, 0.29) is 0 Å². The number of aromatic nitrogens is 3. The Morgan fingerprint density at radius 2 is 1.84 bits per heavy atom. The molecule has 1 fully saturated rings. The average Bonchev–Trinajstić information content (AvgIpc) is 2.93. The second-order valence-electron chi connectivity index (χ2n) is 4.78. The molecule has 98 valence electrons. The minimum atomic E-state index is 0.476. The van der Waals surface area contributed by atoms with Gasteiger partial charge in [0.15, 0.2) is 5.82 Å². The Morgan fingerprint density at radius 1 is 1.05 bits per heavy atom. The van der Waals surface area contributed by atoms with Gasteiger partial charge in [0, 0.05) is 17.8 Å². The number of halogens is 2. The van der Waals surface area contributed by atoms with Crippen molar-refractivity contribution < 1.29 is 0 Å². The molecule has 3 nitrogen and oxygen atoms in total. The number of hydrogen-bond donors (Lipinski definition) is 0. The topological polar surface area (TPSA) is 38.7 Å². The first-order chi connectivity index (χ1) is 9.22. The zero-order valence-electron chi connectivity index (χ0n) is 10.3. The number of hydrogen-bond acceptors (Lipinski definition) is 3. The van der Waals surface area contributed by atoms with Crippen LogP contribution < -0.4 is 0 Å². The molecule has 0 bridgehead atoms. The molecule has 19 heavy (non-hydrogen) atoms. The minimum absolute atomic E-state index is 0.476. The van der Waals surface area contributed by atoms with Gasteiger partial charge in [-0.25, -0.2) is 9.97 Å². The molecule has 0 saturated heterocycles. The lowest BCUT2D eigenvalue weighted by atomic mass is 10.0. The summed E-state index contributed by atoms with van der Waals surface area (Å²) in [6.45, 7) is 0. The van der Waals surface area contributed by atoms with E-state index < -0.39 is 0 Å². The highest BCUT2D eigenvalue weighted by Gasteiger charge is 2.20. The van der Waals surface area contributed by atoms with Crippen molar-refractivity contribution in [1.29, 1.82) is 0 Å². The van der Waals surface area contributed by atoms with Crippen molar-refractivity contribution in [2.75, 3.05) is 0 Å². The van der Waals surface area contributed by atoms with Crippen LogP contribution in [0.4, 0.5) is 0 Å². The van der Waals surface area contributed by atoms with Gasteiger partial charge < -0.3 is 0 Å². The molecule has 5 heteroatoms. The number of nitrogens with zero attached hydrogens (tertiary/aromatic N) is 3. The lowest BCUT2D eigenvalue weighted by Crippen LogP contribution is -2.01. The summed E-state index contributed by atoms with van der Waals surface area (Å²) >= 11 is 11.9. The van der Waals surface area contributed by atoms with Crippen LogP contribution in [0, 0.1) is 0 Å². The summed E-state index contributed by atoms with van der Waals surface area (Å²) in [6, 6.07) is 5.47. The molecule has 0 aliphatic heterocycles. The van der Waals surface area contributed by atoms with E-state index in [1.807, 2.05) is 12.1 Å². The van der Waals surface area contributed by atoms with Crippen LogP contribution in [0.5, 0.6) is 0 Å². The Bertz CT molecular complexity index is 578. The zero-order valence-corrected chi connectivity index (χ0v) is 11.8. The molecule has 1 saturated carbocycles. The predicted octanol–water partition coefficient (Wildman–Crippen LogP) is 4.50. The highest BCUT2D eigenvalue weighted by molar-refractivity contribution is 6.30. The normalized spacial score (nSPS) is 15.9. The lowest BCUT2D eigenvalue weighted by Gasteiger charge is -2.10. The van der Waals surface area contributed by atoms with Crippen LogP contribution in [-0.4, -0.2) is 15.0 Å². The monoisotopic (exact) mass is 293 g/mol. The van der Waals surface area contributed by atoms with E-state index in [0.29, 0.717) is 27.6 Å². The molecule has 2 aromatic heterocycles. The van der Waals surface area contributed by atoms with Gasteiger partial charge >= 0.3 is 0 Å². The highest BCUT2D eigenvalue weighted by Crippen LogP contribution is 2.34. The standard InChI is InChI=1S/C14H13Cl2N3/c15-10-5-6-11(17-8-10)14-18-12(7-13(16)19-14)9-3-1-2-4-9/h5-9H,1-4H2. The highest BCUT2D eigenvalue weighted by atomic mass is 35.5. The molecule has 0 amide bonds. The van der Waals surface area contributed by atoms with Crippen molar-refractivity contribution in [1.82, 2.24) is 15.0 Å². The van der Waals surface area contributed by atoms with E-state index in [9.17, 15) is 0 Å². The van der Waals surface area contributed by atoms with Gasteiger partial charge in [0.2, 0.25) is 0 Å². The SMILES string of the molecule is Clc1ccc(-c2nc(Cl)cc(C3CCCC3)n2)nc1. The van der Waals surface area contributed by atoms with Gasteiger partial charge in [-0.05, 0) is 31.0 Å². The van der Waals surface area contributed by atoms with Gasteiger partial charge in [0.05, 0.1) is 5.02 Å². The fourth-order valence-electron chi connectivity index (χ4n) is 2.49. The first kappa shape index (κ1) is 12.8. The molecular weight excluding hydrogens is 281 g/mol. The van der Waals surface area contributed by atoms with Gasteiger partial charge in [-0.15, -0.1) is 0 Å². The summed E-state index contributed by atoms with van der Waals surface area (Å²) in [5.74, 6) is 1.08. The summed E-state index contributed by atoms with van der Waals surface area (Å²) in [4.78, 5) is 13.1. The van der Waals surface area contributed by atoms with Gasteiger partial charge in [-0.1, -0.05) is 36.0 Å². The molecule has 0 N–H and O–H groups in total. The summed E-state index contributed by atoms with van der Waals surface area (Å²) in [5.41, 5.74) is 1.73. The van der Waals surface area contributed by atoms with Crippen LogP contribution in [-0.2, 0) is 0 Å². The van der Waals surface area contributed by atoms with Crippen LogP contribution in [0.25, 0.3) is 11.5 Å². The Morgan fingerprint density at radius 3 is 2.53 bits per heavy atom. The fourth-order valence-corrected chi connectivity index (χ4v) is 2.79. The van der Waals surface area contributed by atoms with Crippen molar-refractivity contribution in [2.24, 2.45) is 0 Å². The predicted molar refractivity (Wildman–Crippen MR) is 76.5 cm³/mol. The van der Waals surface area contributed by atoms with Crippen LogP contribution in [0.15, 0.2) is 24.4 Å². The fraction of sp³-hybridized carbons (Fsp3) is 0.357. The van der Waals surface area contributed by atoms with Crippen molar-refractivity contribution in [3.63, 3.8) is 0 Å². The van der Waals surface area contributed by atoms with E-state index in [4.69, 9.17) is 23.2 Å². The van der Waals surface area contributed by atoms with Gasteiger partial charge in [0.25, 0.3) is 0 Å². The first-order valence-corrected chi connectivity index (χ1v) is 7.14. The summed E-state index contributed by atoms with van der Waals surface area (Å²) in [5, 5.41) is 1.07. The van der Waals surface area contributed by atoms with E-state index in [0.717, 1.165) is 5.69 Å². The Balaban J connectivity index is 1.99. The molecule has 0 unspecified atom stereocenters. The molecule has 0 atom stereocenters. The third-order valence-corrected chi connectivity index (χ3v) is 3.86. The zero-order chi connectivity index (χ0) is 13.2. The van der Waals surface area contributed by atoms with E-state index >= 15 is 0 Å². The maximum atomic E-state index is 6.10. The van der Waals surface area contributed by atoms with Crippen molar-refractivity contribution >= 4 is 23.2 Å². The van der Waals surface area contributed by atoms with Crippen LogP contribution >= 0.6 is 23.2 Å². The molecule has 1 aliphatic rings. The smallest absolute Gasteiger partial charge is 0.179 e. The van der Waals surface area contributed by atoms with Gasteiger partial charge in [-0.2, -0.15) is 0 Å². The number of pyridine rings is 1. The third-order valence-electron chi connectivity index (χ3n) is 3.44. The minimum Gasteiger partial charge on any atom is -0.251 e. The second-order valence-corrected chi connectivity index (χ2v) is 5.61. The van der Waals surface area contributed by atoms with Gasteiger partial charge in [-0.3, -0.25) is 4.98 Å². The quantitative estimate of drug-likeness (QED) is 0.765. The van der Waals surface area contributed by atoms with Crippen molar-refractivity contribution in [3.05, 3.63) is 40.3 Å². The van der Waals surface area contributed by atoms with E-state index in [2.05, 4.69) is 15.0 Å². The molecule has 1 aliphatic carbocycles. The molecule has 0 spiro atoms. The first-order valence-electron chi connectivity index (χ1n) is 6.39. The molecule has 0 radical (unpaired) electrons. The Hall–Kier alpha value is -1.19. The maximum Gasteiger partial charge on any atom is 0.179 e. The summed E-state index contributed by atoms with van der Waals surface area (Å²) < 4.78 is 0.